The number of phenols is 1. The van der Waals surface area contributed by atoms with Crippen LogP contribution in [0, 0.1) is 0 Å². The van der Waals surface area contributed by atoms with Crippen LogP contribution in [0.15, 0.2) is 29.3 Å². The van der Waals surface area contributed by atoms with E-state index in [1.807, 2.05) is 12.1 Å². The minimum atomic E-state index is -0.0480. The molecular formula is C10H9NO2S2. The van der Waals surface area contributed by atoms with Crippen LogP contribution >= 0.6 is 23.5 Å². The first-order chi connectivity index (χ1) is 7.24. The molecule has 1 heterocycles. The second-order valence-electron chi connectivity index (χ2n) is 3.02. The number of carbonyl (C=O) groups is 1. The lowest BCUT2D eigenvalue weighted by Gasteiger charge is -2.00. The van der Waals surface area contributed by atoms with Crippen LogP contribution in [0.2, 0.25) is 0 Å². The molecule has 0 unspecified atom stereocenters. The Hall–Kier alpha value is -0.940. The quantitative estimate of drug-likeness (QED) is 0.860. The SMILES string of the molecule is O=C1CSC(SCc2ccc(O)cc2)=N1. The molecule has 1 aliphatic rings. The Labute approximate surface area is 96.0 Å². The third kappa shape index (κ3) is 3.00. The predicted molar refractivity (Wildman–Crippen MR) is 64.3 cm³/mol. The topological polar surface area (TPSA) is 49.7 Å². The number of phenolic OH excluding ortho intramolecular Hbond substituents is 1. The molecule has 78 valence electrons. The molecule has 1 N–H and O–H groups in total. The lowest BCUT2D eigenvalue weighted by molar-refractivity contribution is -0.115. The number of amides is 1. The second kappa shape index (κ2) is 4.72. The molecule has 0 aliphatic carbocycles. The molecule has 3 nitrogen and oxygen atoms in total. The molecule has 0 aromatic heterocycles. The number of aliphatic imine (C=N–C) groups is 1. The lowest BCUT2D eigenvalue weighted by Crippen LogP contribution is -1.86. The minimum Gasteiger partial charge on any atom is -0.508 e. The van der Waals surface area contributed by atoms with E-state index >= 15 is 0 Å². The predicted octanol–water partition coefficient (Wildman–Crippen LogP) is 2.25. The summed E-state index contributed by atoms with van der Waals surface area (Å²) in [7, 11) is 0. The van der Waals surface area contributed by atoms with Crippen LogP contribution in [0.25, 0.3) is 0 Å². The zero-order valence-electron chi connectivity index (χ0n) is 7.84. The highest BCUT2D eigenvalue weighted by molar-refractivity contribution is 8.39. The molecule has 0 saturated heterocycles. The van der Waals surface area contributed by atoms with Gasteiger partial charge in [-0.15, -0.1) is 0 Å². The molecule has 0 atom stereocenters. The number of nitrogens with zero attached hydrogens (tertiary/aromatic N) is 1. The van der Waals surface area contributed by atoms with E-state index in [0.717, 1.165) is 15.7 Å². The van der Waals surface area contributed by atoms with Crippen LogP contribution in [0.4, 0.5) is 0 Å². The monoisotopic (exact) mass is 239 g/mol. The van der Waals surface area contributed by atoms with E-state index in [2.05, 4.69) is 4.99 Å². The summed E-state index contributed by atoms with van der Waals surface area (Å²) in [6.45, 7) is 0. The smallest absolute Gasteiger partial charge is 0.257 e. The summed E-state index contributed by atoms with van der Waals surface area (Å²) in [5, 5.41) is 9.09. The third-order valence-electron chi connectivity index (χ3n) is 1.83. The Morgan fingerprint density at radius 2 is 2.13 bits per heavy atom. The number of rotatable bonds is 2. The van der Waals surface area contributed by atoms with Crippen molar-refractivity contribution < 1.29 is 9.90 Å². The van der Waals surface area contributed by atoms with Gasteiger partial charge in [-0.2, -0.15) is 4.99 Å². The molecule has 15 heavy (non-hydrogen) atoms. The molecule has 1 aliphatic heterocycles. The molecule has 0 saturated carbocycles. The van der Waals surface area contributed by atoms with Crippen LogP contribution in [0.3, 0.4) is 0 Å². The Bertz CT molecular complexity index is 400. The van der Waals surface area contributed by atoms with Crippen molar-refractivity contribution in [2.75, 3.05) is 5.75 Å². The van der Waals surface area contributed by atoms with E-state index in [4.69, 9.17) is 5.11 Å². The van der Waals surface area contributed by atoms with Crippen molar-refractivity contribution in [3.05, 3.63) is 29.8 Å². The third-order valence-corrected chi connectivity index (χ3v) is 4.09. The van der Waals surface area contributed by atoms with Crippen molar-refractivity contribution in [3.8, 4) is 5.75 Å². The van der Waals surface area contributed by atoms with Gasteiger partial charge in [-0.3, -0.25) is 4.79 Å². The first kappa shape index (κ1) is 10.6. The van der Waals surface area contributed by atoms with Crippen molar-refractivity contribution in [1.29, 1.82) is 0 Å². The van der Waals surface area contributed by atoms with Crippen molar-refractivity contribution in [2.24, 2.45) is 4.99 Å². The van der Waals surface area contributed by atoms with Gasteiger partial charge >= 0.3 is 0 Å². The van der Waals surface area contributed by atoms with E-state index < -0.39 is 0 Å². The highest BCUT2D eigenvalue weighted by Crippen LogP contribution is 2.26. The summed E-state index contributed by atoms with van der Waals surface area (Å²) in [5.41, 5.74) is 1.11. The van der Waals surface area contributed by atoms with Crippen molar-refractivity contribution in [2.45, 2.75) is 5.75 Å². The average Bonchev–Trinajstić information content (AvgIpc) is 2.64. The largest absolute Gasteiger partial charge is 0.508 e. The Balaban J connectivity index is 1.91. The number of thioether (sulfide) groups is 2. The fourth-order valence-corrected chi connectivity index (χ4v) is 2.91. The molecule has 5 heteroatoms. The van der Waals surface area contributed by atoms with Gasteiger partial charge in [-0.25, -0.2) is 0 Å². The Kier molecular flexibility index (Phi) is 3.33. The van der Waals surface area contributed by atoms with Gasteiger partial charge in [0.1, 0.15) is 10.1 Å². The fourth-order valence-electron chi connectivity index (χ4n) is 1.10. The molecule has 1 aromatic rings. The van der Waals surface area contributed by atoms with Crippen LogP contribution in [-0.4, -0.2) is 21.1 Å². The molecule has 1 aromatic carbocycles. The standard InChI is InChI=1S/C10H9NO2S2/c12-8-3-1-7(2-4-8)5-14-10-11-9(13)6-15-10/h1-4,12H,5-6H2. The van der Waals surface area contributed by atoms with Gasteiger partial charge in [0.15, 0.2) is 0 Å². The van der Waals surface area contributed by atoms with E-state index in [9.17, 15) is 4.79 Å². The van der Waals surface area contributed by atoms with Crippen LogP contribution in [-0.2, 0) is 10.5 Å². The van der Waals surface area contributed by atoms with Gasteiger partial charge in [0.25, 0.3) is 5.91 Å². The highest BCUT2D eigenvalue weighted by atomic mass is 32.2. The lowest BCUT2D eigenvalue weighted by atomic mass is 10.2. The zero-order valence-corrected chi connectivity index (χ0v) is 9.48. The summed E-state index contributed by atoms with van der Waals surface area (Å²) in [4.78, 5) is 14.7. The van der Waals surface area contributed by atoms with Crippen LogP contribution in [0.1, 0.15) is 5.56 Å². The van der Waals surface area contributed by atoms with Crippen LogP contribution < -0.4 is 0 Å². The molecule has 0 radical (unpaired) electrons. The zero-order chi connectivity index (χ0) is 10.7. The van der Waals surface area contributed by atoms with E-state index in [1.165, 1.54) is 11.8 Å². The molecule has 1 amide bonds. The fraction of sp³-hybridized carbons (Fsp3) is 0.200. The normalized spacial score (nSPS) is 15.5. The summed E-state index contributed by atoms with van der Waals surface area (Å²) >= 11 is 3.04. The second-order valence-corrected chi connectivity index (χ2v) is 5.20. The first-order valence-corrected chi connectivity index (χ1v) is 6.36. The molecule has 0 fully saturated rings. The van der Waals surface area contributed by atoms with Gasteiger partial charge in [0.05, 0.1) is 5.75 Å². The van der Waals surface area contributed by atoms with E-state index in [0.29, 0.717) is 5.75 Å². The number of hydrogen-bond acceptors (Lipinski definition) is 4. The molecule has 2 rings (SSSR count). The van der Waals surface area contributed by atoms with Gasteiger partial charge in [-0.05, 0) is 17.7 Å². The summed E-state index contributed by atoms with van der Waals surface area (Å²) in [6.07, 6.45) is 0. The van der Waals surface area contributed by atoms with Crippen LogP contribution in [0.5, 0.6) is 5.75 Å². The van der Waals surface area contributed by atoms with Crippen molar-refractivity contribution in [3.63, 3.8) is 0 Å². The number of carbonyl (C=O) groups excluding carboxylic acids is 1. The molecule has 0 spiro atoms. The molecule has 0 bridgehead atoms. The minimum absolute atomic E-state index is 0.0480. The van der Waals surface area contributed by atoms with Gasteiger partial charge in [0, 0.05) is 5.75 Å². The van der Waals surface area contributed by atoms with E-state index in [1.54, 1.807) is 23.9 Å². The first-order valence-electron chi connectivity index (χ1n) is 4.39. The Morgan fingerprint density at radius 1 is 1.40 bits per heavy atom. The van der Waals surface area contributed by atoms with Crippen molar-refractivity contribution in [1.82, 2.24) is 0 Å². The van der Waals surface area contributed by atoms with E-state index in [-0.39, 0.29) is 11.7 Å². The average molecular weight is 239 g/mol. The number of benzene rings is 1. The maximum atomic E-state index is 10.9. The number of aromatic hydroxyl groups is 1. The Morgan fingerprint density at radius 3 is 2.73 bits per heavy atom. The van der Waals surface area contributed by atoms with Gasteiger partial charge < -0.3 is 5.11 Å². The summed E-state index contributed by atoms with van der Waals surface area (Å²) in [6, 6.07) is 7.05. The van der Waals surface area contributed by atoms with Crippen molar-refractivity contribution >= 4 is 33.8 Å². The molecular weight excluding hydrogens is 230 g/mol. The maximum Gasteiger partial charge on any atom is 0.257 e. The van der Waals surface area contributed by atoms with Gasteiger partial charge in [-0.1, -0.05) is 35.7 Å². The maximum absolute atomic E-state index is 10.9. The highest BCUT2D eigenvalue weighted by Gasteiger charge is 2.14. The van der Waals surface area contributed by atoms with Gasteiger partial charge in [0.2, 0.25) is 0 Å². The summed E-state index contributed by atoms with van der Waals surface area (Å²) < 4.78 is 0.841. The summed E-state index contributed by atoms with van der Waals surface area (Å²) in [5.74, 6) is 1.47. The number of hydrogen-bond donors (Lipinski definition) is 1.